The number of nitrogens with one attached hydrogen (secondary N) is 1. The second-order valence-electron chi connectivity index (χ2n) is 6.42. The van der Waals surface area contributed by atoms with Gasteiger partial charge in [-0.25, -0.2) is 0 Å². The number of hydrogen-bond donors (Lipinski definition) is 1. The van der Waals surface area contributed by atoms with Crippen LogP contribution in [0.3, 0.4) is 0 Å². The van der Waals surface area contributed by atoms with Crippen LogP contribution in [0, 0.1) is 6.92 Å². The first-order valence-electron chi connectivity index (χ1n) is 9.13. The highest BCUT2D eigenvalue weighted by Crippen LogP contribution is 2.34. The third-order valence-corrected chi connectivity index (χ3v) is 4.34. The quantitative estimate of drug-likeness (QED) is 0.759. The lowest BCUT2D eigenvalue weighted by Gasteiger charge is -2.28. The van der Waals surface area contributed by atoms with Crippen molar-refractivity contribution in [3.63, 3.8) is 0 Å². The van der Waals surface area contributed by atoms with Gasteiger partial charge in [0.1, 0.15) is 11.5 Å². The van der Waals surface area contributed by atoms with E-state index in [1.807, 2.05) is 38.1 Å². The van der Waals surface area contributed by atoms with Crippen LogP contribution < -0.4 is 19.7 Å². The molecule has 0 aromatic heterocycles. The van der Waals surface area contributed by atoms with Gasteiger partial charge in [-0.05, 0) is 44.5 Å². The van der Waals surface area contributed by atoms with Crippen LogP contribution >= 0.6 is 0 Å². The first-order chi connectivity index (χ1) is 13.1. The maximum Gasteiger partial charge on any atom is 0.265 e. The maximum absolute atomic E-state index is 12.1. The van der Waals surface area contributed by atoms with Crippen LogP contribution in [0.1, 0.15) is 25.3 Å². The fourth-order valence-corrected chi connectivity index (χ4v) is 2.91. The third kappa shape index (κ3) is 4.78. The van der Waals surface area contributed by atoms with E-state index in [9.17, 15) is 9.59 Å². The van der Waals surface area contributed by atoms with Crippen LogP contribution in [-0.2, 0) is 9.59 Å². The molecule has 2 amide bonds. The van der Waals surface area contributed by atoms with Gasteiger partial charge in [0.05, 0.1) is 12.3 Å². The number of carbonyl (C=O) groups excluding carboxylic acids is 2. The minimum atomic E-state index is -0.0818. The molecule has 27 heavy (non-hydrogen) atoms. The molecule has 1 aliphatic rings. The first-order valence-corrected chi connectivity index (χ1v) is 9.13. The molecule has 2 aromatic carbocycles. The van der Waals surface area contributed by atoms with Crippen molar-refractivity contribution in [3.05, 3.63) is 48.0 Å². The van der Waals surface area contributed by atoms with E-state index in [0.717, 1.165) is 11.4 Å². The van der Waals surface area contributed by atoms with Gasteiger partial charge in [-0.1, -0.05) is 17.7 Å². The zero-order chi connectivity index (χ0) is 19.2. The van der Waals surface area contributed by atoms with Crippen LogP contribution in [0.25, 0.3) is 0 Å². The van der Waals surface area contributed by atoms with Gasteiger partial charge in [-0.15, -0.1) is 0 Å². The Balaban J connectivity index is 1.48. The molecule has 0 saturated heterocycles. The van der Waals surface area contributed by atoms with Gasteiger partial charge in [0.15, 0.2) is 6.61 Å². The van der Waals surface area contributed by atoms with Crippen molar-refractivity contribution in [2.24, 2.45) is 0 Å². The highest BCUT2D eigenvalue weighted by molar-refractivity contribution is 5.99. The van der Waals surface area contributed by atoms with Gasteiger partial charge in [-0.3, -0.25) is 9.59 Å². The Morgan fingerprint density at radius 1 is 1.22 bits per heavy atom. The van der Waals surface area contributed by atoms with E-state index >= 15 is 0 Å². The molecule has 1 N–H and O–H groups in total. The van der Waals surface area contributed by atoms with Crippen molar-refractivity contribution < 1.29 is 19.1 Å². The predicted octanol–water partition coefficient (Wildman–Crippen LogP) is 3.54. The summed E-state index contributed by atoms with van der Waals surface area (Å²) < 4.78 is 11.1. The van der Waals surface area contributed by atoms with Crippen molar-refractivity contribution in [1.29, 1.82) is 0 Å². The number of anilines is 2. The molecule has 0 radical (unpaired) electrons. The van der Waals surface area contributed by atoms with E-state index < -0.39 is 0 Å². The van der Waals surface area contributed by atoms with Gasteiger partial charge in [0.2, 0.25) is 5.91 Å². The van der Waals surface area contributed by atoms with E-state index in [2.05, 4.69) is 5.32 Å². The molecule has 0 aliphatic carbocycles. The number of hydrogen-bond acceptors (Lipinski definition) is 4. The average molecular weight is 368 g/mol. The number of aryl methyl sites for hydroxylation is 1. The van der Waals surface area contributed by atoms with Crippen LogP contribution in [0.5, 0.6) is 11.5 Å². The monoisotopic (exact) mass is 368 g/mol. The summed E-state index contributed by atoms with van der Waals surface area (Å²) in [6.45, 7) is 5.03. The summed E-state index contributed by atoms with van der Waals surface area (Å²) >= 11 is 0. The summed E-state index contributed by atoms with van der Waals surface area (Å²) in [5.74, 6) is 1.27. The van der Waals surface area contributed by atoms with Crippen molar-refractivity contribution in [3.8, 4) is 11.5 Å². The van der Waals surface area contributed by atoms with E-state index in [4.69, 9.17) is 9.47 Å². The lowest BCUT2D eigenvalue weighted by molar-refractivity contribution is -0.121. The Kier molecular flexibility index (Phi) is 5.96. The Labute approximate surface area is 159 Å². The van der Waals surface area contributed by atoms with Crippen molar-refractivity contribution >= 4 is 23.2 Å². The molecule has 6 heteroatoms. The summed E-state index contributed by atoms with van der Waals surface area (Å²) in [7, 11) is 0. The topological polar surface area (TPSA) is 67.9 Å². The summed E-state index contributed by atoms with van der Waals surface area (Å²) in [6, 6.07) is 13.2. The average Bonchev–Trinajstić information content (AvgIpc) is 2.67. The fourth-order valence-electron chi connectivity index (χ4n) is 2.91. The van der Waals surface area contributed by atoms with Gasteiger partial charge >= 0.3 is 0 Å². The number of nitrogens with zero attached hydrogens (tertiary/aromatic N) is 1. The summed E-state index contributed by atoms with van der Waals surface area (Å²) in [5, 5.41) is 2.86. The van der Waals surface area contributed by atoms with Crippen molar-refractivity contribution in [2.75, 3.05) is 30.0 Å². The van der Waals surface area contributed by atoms with Gasteiger partial charge in [0.25, 0.3) is 5.91 Å². The lowest BCUT2D eigenvalue weighted by Crippen LogP contribution is -2.38. The number of fused-ring (bicyclic) bond motifs is 1. The molecule has 1 heterocycles. The van der Waals surface area contributed by atoms with Gasteiger partial charge < -0.3 is 19.7 Å². The van der Waals surface area contributed by atoms with Crippen LogP contribution in [0.4, 0.5) is 11.4 Å². The molecule has 0 unspecified atom stereocenters. The Bertz CT molecular complexity index is 817. The number of benzene rings is 2. The smallest absolute Gasteiger partial charge is 0.265 e. The molecule has 0 fully saturated rings. The second kappa shape index (κ2) is 8.58. The molecule has 142 valence electrons. The van der Waals surface area contributed by atoms with E-state index in [1.165, 1.54) is 5.56 Å². The normalized spacial score (nSPS) is 13.0. The molecule has 2 aromatic rings. The molecular weight excluding hydrogens is 344 g/mol. The number of amides is 2. The van der Waals surface area contributed by atoms with E-state index in [1.54, 1.807) is 23.1 Å². The van der Waals surface area contributed by atoms with Crippen LogP contribution in [-0.4, -0.2) is 31.6 Å². The summed E-state index contributed by atoms with van der Waals surface area (Å²) in [4.78, 5) is 25.6. The predicted molar refractivity (Wildman–Crippen MR) is 105 cm³/mol. The zero-order valence-corrected chi connectivity index (χ0v) is 15.7. The molecule has 0 spiro atoms. The Hall–Kier alpha value is -3.02. The molecule has 3 rings (SSSR count). The SMILES string of the molecule is CCN1C(=O)COc2cc(NC(=O)CCCOc3ccc(C)cc3)ccc21. The Morgan fingerprint density at radius 3 is 2.74 bits per heavy atom. The highest BCUT2D eigenvalue weighted by Gasteiger charge is 2.24. The molecule has 1 aliphatic heterocycles. The summed E-state index contributed by atoms with van der Waals surface area (Å²) in [6.07, 6.45) is 0.989. The van der Waals surface area contributed by atoms with E-state index in [-0.39, 0.29) is 18.4 Å². The van der Waals surface area contributed by atoms with Gasteiger partial charge in [-0.2, -0.15) is 0 Å². The molecule has 0 bridgehead atoms. The molecular formula is C21H24N2O4. The molecule has 0 saturated carbocycles. The van der Waals surface area contributed by atoms with Crippen molar-refractivity contribution in [1.82, 2.24) is 0 Å². The second-order valence-corrected chi connectivity index (χ2v) is 6.42. The van der Waals surface area contributed by atoms with Gasteiger partial charge in [0, 0.05) is 24.7 Å². The maximum atomic E-state index is 12.1. The number of ether oxygens (including phenoxy) is 2. The molecule has 0 atom stereocenters. The van der Waals surface area contributed by atoms with Crippen LogP contribution in [0.2, 0.25) is 0 Å². The minimum Gasteiger partial charge on any atom is -0.494 e. The van der Waals surface area contributed by atoms with Crippen molar-refractivity contribution in [2.45, 2.75) is 26.7 Å². The third-order valence-electron chi connectivity index (χ3n) is 4.34. The molecule has 6 nitrogen and oxygen atoms in total. The lowest BCUT2D eigenvalue weighted by atomic mass is 10.2. The number of carbonyl (C=O) groups is 2. The standard InChI is InChI=1S/C21H24N2O4/c1-3-23-18-11-8-16(13-19(18)27-14-21(23)25)22-20(24)5-4-12-26-17-9-6-15(2)7-10-17/h6-11,13H,3-5,12,14H2,1-2H3,(H,22,24). The van der Waals surface area contributed by atoms with E-state index in [0.29, 0.717) is 37.4 Å². The zero-order valence-electron chi connectivity index (χ0n) is 15.7. The number of rotatable bonds is 7. The summed E-state index contributed by atoms with van der Waals surface area (Å²) in [5.41, 5.74) is 2.57. The Morgan fingerprint density at radius 2 is 2.00 bits per heavy atom. The van der Waals surface area contributed by atoms with Crippen LogP contribution in [0.15, 0.2) is 42.5 Å². The minimum absolute atomic E-state index is 0.0224. The first kappa shape index (κ1) is 18.8. The highest BCUT2D eigenvalue weighted by atomic mass is 16.5. The fraction of sp³-hybridized carbons (Fsp3) is 0.333. The largest absolute Gasteiger partial charge is 0.494 e. The number of likely N-dealkylation sites (N-methyl/N-ethyl adjacent to an activating group) is 1.